The van der Waals surface area contributed by atoms with Gasteiger partial charge in [-0.1, -0.05) is 6.92 Å². The van der Waals surface area contributed by atoms with Crippen LogP contribution in [0.15, 0.2) is 24.3 Å². The molecule has 0 aromatic heterocycles. The summed E-state index contributed by atoms with van der Waals surface area (Å²) in [7, 11) is 0. The fraction of sp³-hybridized carbons (Fsp3) is 0.333. The van der Waals surface area contributed by atoms with Gasteiger partial charge in [0.15, 0.2) is 0 Å². The number of benzene rings is 1. The van der Waals surface area contributed by atoms with Crippen LogP contribution in [-0.4, -0.2) is 28.4 Å². The smallest absolute Gasteiger partial charge is 0.328 e. The summed E-state index contributed by atoms with van der Waals surface area (Å²) < 4.78 is 13.5. The number of halogens is 1. The van der Waals surface area contributed by atoms with E-state index in [1.54, 1.807) is 11.0 Å². The first-order valence-electron chi connectivity index (χ1n) is 6.42. The number of amides is 1. The monoisotopic (exact) mass is 277 g/mol. The van der Waals surface area contributed by atoms with Crippen molar-refractivity contribution in [1.29, 1.82) is 0 Å². The number of carbonyl (C=O) groups is 2. The van der Waals surface area contributed by atoms with Crippen molar-refractivity contribution in [1.82, 2.24) is 4.90 Å². The topological polar surface area (TPSA) is 57.6 Å². The Hall–Kier alpha value is -2.17. The molecule has 0 radical (unpaired) electrons. The van der Waals surface area contributed by atoms with E-state index in [4.69, 9.17) is 5.11 Å². The highest BCUT2D eigenvalue weighted by Gasteiger charge is 2.26. The molecule has 1 N–H and O–H groups in total. The lowest BCUT2D eigenvalue weighted by Crippen LogP contribution is -2.24. The van der Waals surface area contributed by atoms with Crippen molar-refractivity contribution in [2.45, 2.75) is 19.9 Å². The lowest BCUT2D eigenvalue weighted by atomic mass is 10.1. The van der Waals surface area contributed by atoms with E-state index in [9.17, 15) is 14.0 Å². The number of carboxylic acids is 1. The maximum Gasteiger partial charge on any atom is 0.328 e. The van der Waals surface area contributed by atoms with Crippen molar-refractivity contribution in [3.8, 4) is 0 Å². The van der Waals surface area contributed by atoms with Crippen molar-refractivity contribution >= 4 is 18.0 Å². The second-order valence-electron chi connectivity index (χ2n) is 5.15. The molecule has 5 heteroatoms. The Balaban J connectivity index is 2.16. The Kier molecular flexibility index (Phi) is 4.17. The molecule has 20 heavy (non-hydrogen) atoms. The van der Waals surface area contributed by atoms with Crippen LogP contribution in [-0.2, 0) is 16.1 Å². The molecule has 1 aromatic carbocycles. The number of nitrogens with zero attached hydrogens (tertiary/aromatic N) is 1. The van der Waals surface area contributed by atoms with Crippen LogP contribution >= 0.6 is 0 Å². The highest BCUT2D eigenvalue weighted by molar-refractivity contribution is 5.85. The first kappa shape index (κ1) is 14.2. The van der Waals surface area contributed by atoms with E-state index in [0.29, 0.717) is 36.6 Å². The van der Waals surface area contributed by atoms with Gasteiger partial charge in [0, 0.05) is 25.6 Å². The molecular formula is C15H16FNO3. The molecule has 1 unspecified atom stereocenters. The zero-order chi connectivity index (χ0) is 14.7. The number of likely N-dealkylation sites (tertiary alicyclic amines) is 1. The van der Waals surface area contributed by atoms with Crippen molar-refractivity contribution in [3.05, 3.63) is 41.2 Å². The van der Waals surface area contributed by atoms with Crippen LogP contribution in [0.5, 0.6) is 0 Å². The van der Waals surface area contributed by atoms with Crippen LogP contribution < -0.4 is 0 Å². The Bertz CT molecular complexity index is 568. The maximum atomic E-state index is 13.5. The van der Waals surface area contributed by atoms with Crippen molar-refractivity contribution in [2.75, 3.05) is 6.54 Å². The van der Waals surface area contributed by atoms with Crippen molar-refractivity contribution in [2.24, 2.45) is 5.92 Å². The molecule has 2 rings (SSSR count). The summed E-state index contributed by atoms with van der Waals surface area (Å²) in [6.07, 6.45) is 2.83. The van der Waals surface area contributed by atoms with Gasteiger partial charge in [-0.05, 0) is 41.3 Å². The van der Waals surface area contributed by atoms with Gasteiger partial charge in [0.1, 0.15) is 5.82 Å². The molecule has 1 aliphatic rings. The van der Waals surface area contributed by atoms with Crippen molar-refractivity contribution in [3.63, 3.8) is 0 Å². The van der Waals surface area contributed by atoms with E-state index in [2.05, 4.69) is 0 Å². The zero-order valence-corrected chi connectivity index (χ0v) is 11.2. The van der Waals surface area contributed by atoms with Crippen LogP contribution in [0.3, 0.4) is 0 Å². The second kappa shape index (κ2) is 5.86. The summed E-state index contributed by atoms with van der Waals surface area (Å²) >= 11 is 0. The highest BCUT2D eigenvalue weighted by atomic mass is 19.1. The fourth-order valence-corrected chi connectivity index (χ4v) is 2.37. The predicted octanol–water partition coefficient (Wildman–Crippen LogP) is 2.29. The van der Waals surface area contributed by atoms with Gasteiger partial charge < -0.3 is 10.0 Å². The second-order valence-corrected chi connectivity index (χ2v) is 5.15. The summed E-state index contributed by atoms with van der Waals surface area (Å²) in [5, 5.41) is 8.57. The molecule has 1 aromatic rings. The Morgan fingerprint density at radius 1 is 1.50 bits per heavy atom. The summed E-state index contributed by atoms with van der Waals surface area (Å²) in [4.78, 5) is 23.9. The number of carboxylic acid groups (broad SMARTS) is 1. The zero-order valence-electron chi connectivity index (χ0n) is 11.2. The highest BCUT2D eigenvalue weighted by Crippen LogP contribution is 2.20. The third kappa shape index (κ3) is 3.66. The Morgan fingerprint density at radius 3 is 2.85 bits per heavy atom. The minimum absolute atomic E-state index is 0.0735. The minimum atomic E-state index is -1.08. The van der Waals surface area contributed by atoms with Gasteiger partial charge in [-0.25, -0.2) is 9.18 Å². The van der Waals surface area contributed by atoms with Gasteiger partial charge in [0.05, 0.1) is 0 Å². The van der Waals surface area contributed by atoms with Crippen LogP contribution in [0.2, 0.25) is 0 Å². The molecule has 1 heterocycles. The molecule has 1 aliphatic heterocycles. The molecule has 0 aliphatic carbocycles. The van der Waals surface area contributed by atoms with Gasteiger partial charge in [0.2, 0.25) is 5.91 Å². The number of hydrogen-bond donors (Lipinski definition) is 1. The molecule has 1 saturated heterocycles. The van der Waals surface area contributed by atoms with Crippen LogP contribution in [0.1, 0.15) is 24.5 Å². The quantitative estimate of drug-likeness (QED) is 0.859. The molecule has 106 valence electrons. The predicted molar refractivity (Wildman–Crippen MR) is 72.3 cm³/mol. The summed E-state index contributed by atoms with van der Waals surface area (Å²) in [6, 6.07) is 4.32. The molecule has 1 fully saturated rings. The number of aliphatic carboxylic acids is 1. The Morgan fingerprint density at radius 2 is 2.25 bits per heavy atom. The van der Waals surface area contributed by atoms with Crippen molar-refractivity contribution < 1.29 is 19.1 Å². The summed E-state index contributed by atoms with van der Waals surface area (Å²) in [5.41, 5.74) is 1.14. The molecule has 0 bridgehead atoms. The first-order chi connectivity index (χ1) is 9.44. The van der Waals surface area contributed by atoms with Gasteiger partial charge in [-0.3, -0.25) is 4.79 Å². The molecule has 0 saturated carbocycles. The average Bonchev–Trinajstić information content (AvgIpc) is 2.64. The van der Waals surface area contributed by atoms with Gasteiger partial charge >= 0.3 is 5.97 Å². The molecule has 1 amide bonds. The third-order valence-electron chi connectivity index (χ3n) is 3.18. The molecule has 0 spiro atoms. The third-order valence-corrected chi connectivity index (χ3v) is 3.18. The SMILES string of the molecule is CC1CC(=O)N(Cc2cc(F)cc(C=CC(=O)O)c2)C1. The number of carbonyl (C=O) groups excluding carboxylic acids is 1. The lowest BCUT2D eigenvalue weighted by molar-refractivity contribution is -0.131. The van der Waals surface area contributed by atoms with E-state index in [1.807, 2.05) is 6.92 Å². The minimum Gasteiger partial charge on any atom is -0.478 e. The van der Waals surface area contributed by atoms with Gasteiger partial charge in [-0.2, -0.15) is 0 Å². The Labute approximate surface area is 116 Å². The average molecular weight is 277 g/mol. The molecular weight excluding hydrogens is 261 g/mol. The van der Waals surface area contributed by atoms with Gasteiger partial charge in [0.25, 0.3) is 0 Å². The van der Waals surface area contributed by atoms with Crippen LogP contribution in [0, 0.1) is 11.7 Å². The van der Waals surface area contributed by atoms with Crippen LogP contribution in [0.25, 0.3) is 6.08 Å². The van der Waals surface area contributed by atoms with E-state index < -0.39 is 11.8 Å². The normalized spacial score (nSPS) is 19.0. The van der Waals surface area contributed by atoms with E-state index in [0.717, 1.165) is 6.08 Å². The summed E-state index contributed by atoms with van der Waals surface area (Å²) in [6.45, 7) is 3.04. The maximum absolute atomic E-state index is 13.5. The standard InChI is InChI=1S/C15H16FNO3/c1-10-4-14(18)17(8-10)9-12-5-11(2-3-15(19)20)6-13(16)7-12/h2-3,5-7,10H,4,8-9H2,1H3,(H,19,20). The lowest BCUT2D eigenvalue weighted by Gasteiger charge is -2.16. The fourth-order valence-electron chi connectivity index (χ4n) is 2.37. The van der Waals surface area contributed by atoms with E-state index in [-0.39, 0.29) is 5.91 Å². The van der Waals surface area contributed by atoms with Gasteiger partial charge in [-0.15, -0.1) is 0 Å². The number of hydrogen-bond acceptors (Lipinski definition) is 2. The molecule has 1 atom stereocenters. The number of rotatable bonds is 4. The van der Waals surface area contributed by atoms with E-state index >= 15 is 0 Å². The van der Waals surface area contributed by atoms with E-state index in [1.165, 1.54) is 18.2 Å². The summed E-state index contributed by atoms with van der Waals surface area (Å²) in [5.74, 6) is -1.13. The van der Waals surface area contributed by atoms with Crippen LogP contribution in [0.4, 0.5) is 4.39 Å². The largest absolute Gasteiger partial charge is 0.478 e. The first-order valence-corrected chi connectivity index (χ1v) is 6.42. The molecule has 4 nitrogen and oxygen atoms in total.